The maximum atomic E-state index is 9.91. The lowest BCUT2D eigenvalue weighted by atomic mass is 9.93. The molecule has 0 bridgehead atoms. The molecular formula is C15H23NO2S. The number of nitrogens with one attached hydrogen (secondary N) is 1. The van der Waals surface area contributed by atoms with E-state index in [4.69, 9.17) is 0 Å². The highest BCUT2D eigenvalue weighted by Crippen LogP contribution is 2.32. The zero-order valence-corrected chi connectivity index (χ0v) is 12.4. The molecule has 0 aliphatic heterocycles. The minimum atomic E-state index is 0.0957. The Morgan fingerprint density at radius 2 is 2.00 bits per heavy atom. The summed E-state index contributed by atoms with van der Waals surface area (Å²) in [6.45, 7) is 2.07. The van der Waals surface area contributed by atoms with Crippen LogP contribution in [-0.4, -0.2) is 27.8 Å². The van der Waals surface area contributed by atoms with E-state index in [1.807, 2.05) is 11.8 Å². The van der Waals surface area contributed by atoms with Gasteiger partial charge in [-0.3, -0.25) is 0 Å². The summed E-state index contributed by atoms with van der Waals surface area (Å²) in [7, 11) is 0. The summed E-state index contributed by atoms with van der Waals surface area (Å²) >= 11 is 1.93. The Bertz CT molecular complexity index is 425. The first-order valence-corrected chi connectivity index (χ1v) is 8.21. The monoisotopic (exact) mass is 281 g/mol. The average Bonchev–Trinajstić information content (AvgIpc) is 2.39. The summed E-state index contributed by atoms with van der Waals surface area (Å²) < 4.78 is 0. The van der Waals surface area contributed by atoms with E-state index in [2.05, 4.69) is 18.5 Å². The van der Waals surface area contributed by atoms with Crippen molar-refractivity contribution >= 4 is 11.8 Å². The molecule has 3 nitrogen and oxygen atoms in total. The number of thioether (sulfide) groups is 1. The van der Waals surface area contributed by atoms with Crippen molar-refractivity contribution in [1.29, 1.82) is 0 Å². The molecule has 4 heteroatoms. The molecule has 1 saturated carbocycles. The Morgan fingerprint density at radius 3 is 2.68 bits per heavy atom. The molecule has 1 aliphatic carbocycles. The topological polar surface area (TPSA) is 52.5 Å². The fraction of sp³-hybridized carbons (Fsp3) is 0.600. The van der Waals surface area contributed by atoms with Crippen LogP contribution < -0.4 is 5.32 Å². The molecule has 106 valence electrons. The second-order valence-electron chi connectivity index (χ2n) is 5.30. The van der Waals surface area contributed by atoms with E-state index in [0.717, 1.165) is 5.56 Å². The van der Waals surface area contributed by atoms with Gasteiger partial charge in [0, 0.05) is 29.0 Å². The normalized spacial score (nSPS) is 25.2. The molecule has 0 amide bonds. The molecule has 1 fully saturated rings. The third-order valence-electron chi connectivity index (χ3n) is 3.95. The van der Waals surface area contributed by atoms with Crippen molar-refractivity contribution < 1.29 is 10.2 Å². The van der Waals surface area contributed by atoms with Crippen LogP contribution in [0.3, 0.4) is 0 Å². The number of phenolic OH excluding ortho intramolecular Hbond substituents is 2. The Kier molecular flexibility index (Phi) is 4.99. The number of hydrogen-bond acceptors (Lipinski definition) is 4. The van der Waals surface area contributed by atoms with Crippen molar-refractivity contribution in [2.75, 3.05) is 6.26 Å². The van der Waals surface area contributed by atoms with Crippen molar-refractivity contribution in [2.24, 2.45) is 0 Å². The van der Waals surface area contributed by atoms with Crippen LogP contribution in [0, 0.1) is 0 Å². The number of phenols is 2. The third kappa shape index (κ3) is 3.57. The number of rotatable bonds is 4. The summed E-state index contributed by atoms with van der Waals surface area (Å²) in [6, 6.07) is 5.42. The van der Waals surface area contributed by atoms with Crippen molar-refractivity contribution in [1.82, 2.24) is 5.32 Å². The summed E-state index contributed by atoms with van der Waals surface area (Å²) in [5.74, 6) is 0.268. The summed E-state index contributed by atoms with van der Waals surface area (Å²) in [6.07, 6.45) is 7.25. The zero-order valence-electron chi connectivity index (χ0n) is 11.6. The summed E-state index contributed by atoms with van der Waals surface area (Å²) in [4.78, 5) is 0. The van der Waals surface area contributed by atoms with Crippen molar-refractivity contribution in [3.63, 3.8) is 0 Å². The van der Waals surface area contributed by atoms with Gasteiger partial charge >= 0.3 is 0 Å². The maximum absolute atomic E-state index is 9.91. The Balaban J connectivity index is 2.05. The highest BCUT2D eigenvalue weighted by atomic mass is 32.2. The average molecular weight is 281 g/mol. The molecule has 3 N–H and O–H groups in total. The highest BCUT2D eigenvalue weighted by molar-refractivity contribution is 7.99. The van der Waals surface area contributed by atoms with Gasteiger partial charge in [-0.15, -0.1) is 0 Å². The van der Waals surface area contributed by atoms with Gasteiger partial charge < -0.3 is 15.5 Å². The van der Waals surface area contributed by atoms with Gasteiger partial charge in [-0.25, -0.2) is 0 Å². The molecular weight excluding hydrogens is 258 g/mol. The molecule has 0 heterocycles. The van der Waals surface area contributed by atoms with Gasteiger partial charge in [-0.05, 0) is 32.1 Å². The molecule has 0 aromatic heterocycles. The molecule has 3 atom stereocenters. The molecule has 0 radical (unpaired) electrons. The zero-order chi connectivity index (χ0) is 13.8. The quantitative estimate of drug-likeness (QED) is 0.791. The second-order valence-corrected chi connectivity index (χ2v) is 6.37. The fourth-order valence-electron chi connectivity index (χ4n) is 2.88. The number of aromatic hydroxyl groups is 2. The molecule has 0 spiro atoms. The van der Waals surface area contributed by atoms with E-state index in [-0.39, 0.29) is 17.5 Å². The minimum absolute atomic E-state index is 0.0957. The smallest absolute Gasteiger partial charge is 0.124 e. The Hall–Kier alpha value is -0.870. The lowest BCUT2D eigenvalue weighted by molar-refractivity contribution is 0.350. The number of hydrogen-bond donors (Lipinski definition) is 3. The van der Waals surface area contributed by atoms with Gasteiger partial charge in [0.1, 0.15) is 11.5 Å². The molecule has 0 saturated heterocycles. The van der Waals surface area contributed by atoms with E-state index < -0.39 is 0 Å². The van der Waals surface area contributed by atoms with E-state index in [1.165, 1.54) is 31.7 Å². The lowest BCUT2D eigenvalue weighted by Crippen LogP contribution is -2.41. The molecule has 19 heavy (non-hydrogen) atoms. The van der Waals surface area contributed by atoms with Crippen LogP contribution >= 0.6 is 11.8 Å². The SMILES string of the molecule is CSC1CCCCC1NC(C)c1ccc(O)cc1O. The van der Waals surface area contributed by atoms with Gasteiger partial charge in [-0.1, -0.05) is 18.9 Å². The molecule has 3 unspecified atom stereocenters. The van der Waals surface area contributed by atoms with Gasteiger partial charge in [0.2, 0.25) is 0 Å². The first kappa shape index (κ1) is 14.5. The van der Waals surface area contributed by atoms with Crippen molar-refractivity contribution in [3.8, 4) is 11.5 Å². The third-order valence-corrected chi connectivity index (χ3v) is 5.12. The summed E-state index contributed by atoms with van der Waals surface area (Å²) in [5.41, 5.74) is 0.850. The van der Waals surface area contributed by atoms with E-state index >= 15 is 0 Å². The van der Waals surface area contributed by atoms with Crippen LogP contribution in [0.5, 0.6) is 11.5 Å². The standard InChI is InChI=1S/C15H23NO2S/c1-10(12-8-7-11(17)9-14(12)18)16-13-5-3-4-6-15(13)19-2/h7-10,13,15-18H,3-6H2,1-2H3. The largest absolute Gasteiger partial charge is 0.508 e. The molecule has 2 rings (SSSR count). The minimum Gasteiger partial charge on any atom is -0.508 e. The molecule has 1 aliphatic rings. The van der Waals surface area contributed by atoms with Crippen molar-refractivity contribution in [3.05, 3.63) is 23.8 Å². The van der Waals surface area contributed by atoms with E-state index in [0.29, 0.717) is 11.3 Å². The van der Waals surface area contributed by atoms with Gasteiger partial charge in [0.25, 0.3) is 0 Å². The van der Waals surface area contributed by atoms with Crippen LogP contribution in [0.25, 0.3) is 0 Å². The second kappa shape index (κ2) is 6.53. The molecule has 1 aromatic rings. The maximum Gasteiger partial charge on any atom is 0.124 e. The predicted octanol–water partition coefficient (Wildman–Crippen LogP) is 3.42. The fourth-order valence-corrected chi connectivity index (χ4v) is 3.82. The van der Waals surface area contributed by atoms with Crippen molar-refractivity contribution in [2.45, 2.75) is 49.9 Å². The van der Waals surface area contributed by atoms with E-state index in [1.54, 1.807) is 12.1 Å². The molecule has 1 aromatic carbocycles. The van der Waals surface area contributed by atoms with E-state index in [9.17, 15) is 10.2 Å². The van der Waals surface area contributed by atoms with Gasteiger partial charge in [0.05, 0.1) is 0 Å². The first-order valence-electron chi connectivity index (χ1n) is 6.92. The van der Waals surface area contributed by atoms with Crippen LogP contribution in [0.15, 0.2) is 18.2 Å². The lowest BCUT2D eigenvalue weighted by Gasteiger charge is -2.33. The number of benzene rings is 1. The van der Waals surface area contributed by atoms with Gasteiger partial charge in [-0.2, -0.15) is 11.8 Å². The van der Waals surface area contributed by atoms with Crippen LogP contribution in [0.1, 0.15) is 44.2 Å². The van der Waals surface area contributed by atoms with Crippen LogP contribution in [0.4, 0.5) is 0 Å². The predicted molar refractivity (Wildman–Crippen MR) is 80.9 cm³/mol. The first-order chi connectivity index (χ1) is 9.11. The highest BCUT2D eigenvalue weighted by Gasteiger charge is 2.26. The van der Waals surface area contributed by atoms with Crippen LogP contribution in [-0.2, 0) is 0 Å². The Labute approximate surface area is 119 Å². The van der Waals surface area contributed by atoms with Crippen LogP contribution in [0.2, 0.25) is 0 Å². The van der Waals surface area contributed by atoms with Gasteiger partial charge in [0.15, 0.2) is 0 Å². The summed E-state index contributed by atoms with van der Waals surface area (Å²) in [5, 5.41) is 23.5. The Morgan fingerprint density at radius 1 is 1.26 bits per heavy atom.